The fourth-order valence-electron chi connectivity index (χ4n) is 2.40. The average molecular weight is 278 g/mol. The van der Waals surface area contributed by atoms with Gasteiger partial charge in [0.1, 0.15) is 4.99 Å². The Morgan fingerprint density at radius 2 is 2.16 bits per heavy atom. The van der Waals surface area contributed by atoms with E-state index >= 15 is 0 Å². The molecule has 5 heteroatoms. The highest BCUT2D eigenvalue weighted by Crippen LogP contribution is 2.26. The van der Waals surface area contributed by atoms with Gasteiger partial charge in [-0.3, -0.25) is 4.79 Å². The van der Waals surface area contributed by atoms with Gasteiger partial charge in [0, 0.05) is 19.2 Å². The molecule has 19 heavy (non-hydrogen) atoms. The van der Waals surface area contributed by atoms with Crippen molar-refractivity contribution in [2.45, 2.75) is 19.4 Å². The maximum atomic E-state index is 12.5. The van der Waals surface area contributed by atoms with Crippen LogP contribution in [0.3, 0.4) is 0 Å². The van der Waals surface area contributed by atoms with Gasteiger partial charge in [-0.05, 0) is 25.5 Å². The lowest BCUT2D eigenvalue weighted by Crippen LogP contribution is -2.37. The first-order valence-corrected chi connectivity index (χ1v) is 6.71. The van der Waals surface area contributed by atoms with Crippen molar-refractivity contribution in [2.75, 3.05) is 18.6 Å². The summed E-state index contributed by atoms with van der Waals surface area (Å²) < 4.78 is 5.45. The normalized spacial score (nSPS) is 22.2. The highest BCUT2D eigenvalue weighted by molar-refractivity contribution is 7.80. The first-order chi connectivity index (χ1) is 9.02. The number of anilines is 1. The smallest absolute Gasteiger partial charge is 0.232 e. The molecule has 0 bridgehead atoms. The van der Waals surface area contributed by atoms with Crippen LogP contribution in [-0.4, -0.2) is 30.7 Å². The van der Waals surface area contributed by atoms with Gasteiger partial charge in [0.05, 0.1) is 17.7 Å². The van der Waals surface area contributed by atoms with Crippen molar-refractivity contribution < 1.29 is 9.53 Å². The van der Waals surface area contributed by atoms with E-state index in [2.05, 4.69) is 0 Å². The molecule has 2 N–H and O–H groups in total. The Hall–Kier alpha value is -1.46. The number of ether oxygens (including phenoxy) is 1. The van der Waals surface area contributed by atoms with Gasteiger partial charge in [0.2, 0.25) is 5.91 Å². The van der Waals surface area contributed by atoms with Gasteiger partial charge in [-0.25, -0.2) is 0 Å². The molecule has 0 saturated carbocycles. The second kappa shape index (κ2) is 5.67. The van der Waals surface area contributed by atoms with Crippen LogP contribution >= 0.6 is 12.2 Å². The van der Waals surface area contributed by atoms with Gasteiger partial charge in [0.25, 0.3) is 0 Å². The summed E-state index contributed by atoms with van der Waals surface area (Å²) in [5.41, 5.74) is 7.17. The summed E-state index contributed by atoms with van der Waals surface area (Å²) in [6, 6.07) is 7.41. The number of nitrogens with zero attached hydrogens (tertiary/aromatic N) is 1. The minimum atomic E-state index is -0.0931. The Kier molecular flexibility index (Phi) is 4.17. The van der Waals surface area contributed by atoms with Crippen molar-refractivity contribution in [3.8, 4) is 0 Å². The number of hydrogen-bond donors (Lipinski definition) is 1. The van der Waals surface area contributed by atoms with Crippen molar-refractivity contribution in [3.63, 3.8) is 0 Å². The van der Waals surface area contributed by atoms with Gasteiger partial charge in [-0.2, -0.15) is 0 Å². The predicted molar refractivity (Wildman–Crippen MR) is 79.3 cm³/mol. The van der Waals surface area contributed by atoms with Crippen molar-refractivity contribution in [1.29, 1.82) is 0 Å². The van der Waals surface area contributed by atoms with Crippen LogP contribution in [0, 0.1) is 5.92 Å². The number of benzene rings is 1. The maximum absolute atomic E-state index is 12.5. The zero-order valence-electron chi connectivity index (χ0n) is 11.1. The van der Waals surface area contributed by atoms with Crippen LogP contribution in [0.5, 0.6) is 0 Å². The molecule has 2 rings (SSSR count). The summed E-state index contributed by atoms with van der Waals surface area (Å²) in [6.07, 6.45) is 0.728. The topological polar surface area (TPSA) is 55.6 Å². The number of nitrogens with two attached hydrogens (primary N) is 1. The Morgan fingerprint density at radius 1 is 1.47 bits per heavy atom. The number of hydrogen-bond acceptors (Lipinski definition) is 3. The molecule has 0 radical (unpaired) electrons. The zero-order chi connectivity index (χ0) is 14.0. The van der Waals surface area contributed by atoms with Crippen LogP contribution < -0.4 is 10.6 Å². The summed E-state index contributed by atoms with van der Waals surface area (Å²) in [6.45, 7) is 2.57. The summed E-state index contributed by atoms with van der Waals surface area (Å²) in [7, 11) is 1.75. The third kappa shape index (κ3) is 2.77. The van der Waals surface area contributed by atoms with Crippen molar-refractivity contribution in [1.82, 2.24) is 0 Å². The van der Waals surface area contributed by atoms with Gasteiger partial charge in [0.15, 0.2) is 0 Å². The summed E-state index contributed by atoms with van der Waals surface area (Å²) in [4.78, 5) is 14.4. The lowest BCUT2D eigenvalue weighted by atomic mass is 10.0. The summed E-state index contributed by atoms with van der Waals surface area (Å²) in [5, 5.41) is 0. The molecule has 1 amide bonds. The fraction of sp³-hybridized carbons (Fsp3) is 0.429. The molecule has 0 aromatic heterocycles. The molecule has 1 fully saturated rings. The predicted octanol–water partition coefficient (Wildman–Crippen LogP) is 1.71. The highest BCUT2D eigenvalue weighted by atomic mass is 32.1. The van der Waals surface area contributed by atoms with E-state index < -0.39 is 0 Å². The number of para-hydroxylation sites is 1. The number of amides is 1. The molecule has 2 atom stereocenters. The van der Waals surface area contributed by atoms with E-state index in [0.29, 0.717) is 11.6 Å². The average Bonchev–Trinajstić information content (AvgIpc) is 2.83. The lowest BCUT2D eigenvalue weighted by molar-refractivity contribution is -0.123. The Bertz CT molecular complexity index is 504. The van der Waals surface area contributed by atoms with Crippen molar-refractivity contribution in [3.05, 3.63) is 29.8 Å². The van der Waals surface area contributed by atoms with Crippen LogP contribution in [0.15, 0.2) is 24.3 Å². The first-order valence-electron chi connectivity index (χ1n) is 6.30. The van der Waals surface area contributed by atoms with Crippen LogP contribution in [-0.2, 0) is 9.53 Å². The largest absolute Gasteiger partial charge is 0.389 e. The molecule has 1 aliphatic rings. The quantitative estimate of drug-likeness (QED) is 0.855. The van der Waals surface area contributed by atoms with Crippen LogP contribution in [0.2, 0.25) is 0 Å². The molecular formula is C14H18N2O2S. The van der Waals surface area contributed by atoms with Gasteiger partial charge in [-0.15, -0.1) is 0 Å². The molecule has 1 aromatic carbocycles. The van der Waals surface area contributed by atoms with E-state index in [1.807, 2.05) is 31.2 Å². The standard InChI is InChI=1S/C14H18N2O2S/c1-9-10(7-8-18-9)14(17)16(2)12-6-4-3-5-11(12)13(15)19/h3-6,9-10H,7-8H2,1-2H3,(H2,15,19). The molecule has 102 valence electrons. The van der Waals surface area contributed by atoms with E-state index in [9.17, 15) is 4.79 Å². The van der Waals surface area contributed by atoms with Crippen LogP contribution in [0.1, 0.15) is 18.9 Å². The number of thiocarbonyl (C=S) groups is 1. The van der Waals surface area contributed by atoms with Crippen LogP contribution in [0.4, 0.5) is 5.69 Å². The molecular weight excluding hydrogens is 260 g/mol. The van der Waals surface area contributed by atoms with E-state index in [0.717, 1.165) is 17.7 Å². The van der Waals surface area contributed by atoms with Gasteiger partial charge < -0.3 is 15.4 Å². The van der Waals surface area contributed by atoms with E-state index in [1.165, 1.54) is 0 Å². The maximum Gasteiger partial charge on any atom is 0.232 e. The number of rotatable bonds is 3. The Morgan fingerprint density at radius 3 is 2.74 bits per heavy atom. The SMILES string of the molecule is CC1OCCC1C(=O)N(C)c1ccccc1C(N)=S. The van der Waals surface area contributed by atoms with Crippen molar-refractivity contribution in [2.24, 2.45) is 11.7 Å². The van der Waals surface area contributed by atoms with E-state index in [1.54, 1.807) is 11.9 Å². The fourth-order valence-corrected chi connectivity index (χ4v) is 2.57. The minimum Gasteiger partial charge on any atom is -0.389 e. The molecule has 1 aliphatic heterocycles. The molecule has 0 spiro atoms. The monoisotopic (exact) mass is 278 g/mol. The number of carbonyl (C=O) groups is 1. The zero-order valence-corrected chi connectivity index (χ0v) is 11.9. The van der Waals surface area contributed by atoms with Crippen LogP contribution in [0.25, 0.3) is 0 Å². The van der Waals surface area contributed by atoms with E-state index in [-0.39, 0.29) is 17.9 Å². The second-order valence-electron chi connectivity index (χ2n) is 4.75. The minimum absolute atomic E-state index is 0.0352. The lowest BCUT2D eigenvalue weighted by Gasteiger charge is -2.24. The Balaban J connectivity index is 2.26. The molecule has 0 aliphatic carbocycles. The molecule has 1 heterocycles. The third-order valence-electron chi connectivity index (χ3n) is 3.55. The number of carbonyl (C=O) groups excluding carboxylic acids is 1. The molecule has 2 unspecified atom stereocenters. The summed E-state index contributed by atoms with van der Waals surface area (Å²) in [5.74, 6) is -0.0434. The van der Waals surface area contributed by atoms with E-state index in [4.69, 9.17) is 22.7 Å². The molecule has 1 saturated heterocycles. The Labute approximate surface area is 118 Å². The van der Waals surface area contributed by atoms with Crippen molar-refractivity contribution >= 4 is 28.8 Å². The first kappa shape index (κ1) is 14.0. The summed E-state index contributed by atoms with van der Waals surface area (Å²) >= 11 is 5.03. The molecule has 1 aromatic rings. The second-order valence-corrected chi connectivity index (χ2v) is 5.19. The van der Waals surface area contributed by atoms with Gasteiger partial charge >= 0.3 is 0 Å². The molecule has 4 nitrogen and oxygen atoms in total. The highest BCUT2D eigenvalue weighted by Gasteiger charge is 2.33. The third-order valence-corrected chi connectivity index (χ3v) is 3.77. The van der Waals surface area contributed by atoms with Gasteiger partial charge in [-0.1, -0.05) is 24.4 Å².